The third kappa shape index (κ3) is 3.14. The Morgan fingerprint density at radius 3 is 2.09 bits per heavy atom. The number of rotatable bonds is 3. The summed E-state index contributed by atoms with van der Waals surface area (Å²) >= 11 is 0. The highest BCUT2D eigenvalue weighted by Gasteiger charge is 2.11. The molecule has 3 aromatic rings. The van der Waals surface area contributed by atoms with Crippen molar-refractivity contribution in [3.63, 3.8) is 0 Å². The minimum absolute atomic E-state index is 0.0413. The summed E-state index contributed by atoms with van der Waals surface area (Å²) in [5.74, 6) is -0.0413. The lowest BCUT2D eigenvalue weighted by Crippen LogP contribution is -2.21. The summed E-state index contributed by atoms with van der Waals surface area (Å²) in [6.07, 6.45) is 1.64. The number of aromatic nitrogens is 1. The van der Waals surface area contributed by atoms with Gasteiger partial charge >= 0.3 is 0 Å². The maximum absolute atomic E-state index is 12.0. The molecule has 0 aliphatic heterocycles. The molecule has 0 N–H and O–H groups in total. The van der Waals surface area contributed by atoms with Crippen LogP contribution in [-0.2, 0) is 0 Å². The SMILES string of the molecule is CN(C)C(=O)c1ccc(-c2ccccc2-c2ccccc2)nc1. The number of pyridine rings is 1. The molecular weight excluding hydrogens is 284 g/mol. The second-order valence-electron chi connectivity index (χ2n) is 5.54. The predicted molar refractivity (Wildman–Crippen MR) is 93.1 cm³/mol. The molecule has 3 rings (SSSR count). The van der Waals surface area contributed by atoms with E-state index in [1.807, 2.05) is 42.5 Å². The first-order chi connectivity index (χ1) is 11.2. The van der Waals surface area contributed by atoms with Gasteiger partial charge in [-0.25, -0.2) is 0 Å². The monoisotopic (exact) mass is 302 g/mol. The molecule has 3 nitrogen and oxygen atoms in total. The molecule has 0 aliphatic rings. The number of nitrogens with zero attached hydrogens (tertiary/aromatic N) is 2. The fraction of sp³-hybridized carbons (Fsp3) is 0.100. The van der Waals surface area contributed by atoms with Crippen LogP contribution in [0.15, 0.2) is 72.9 Å². The van der Waals surface area contributed by atoms with Crippen LogP contribution in [-0.4, -0.2) is 29.9 Å². The van der Waals surface area contributed by atoms with Gasteiger partial charge in [0.05, 0.1) is 11.3 Å². The van der Waals surface area contributed by atoms with E-state index >= 15 is 0 Å². The van der Waals surface area contributed by atoms with Gasteiger partial charge in [-0.15, -0.1) is 0 Å². The molecule has 2 aromatic carbocycles. The first kappa shape index (κ1) is 15.0. The molecule has 114 valence electrons. The number of carbonyl (C=O) groups is 1. The fourth-order valence-corrected chi connectivity index (χ4v) is 2.51. The first-order valence-electron chi connectivity index (χ1n) is 7.49. The Morgan fingerprint density at radius 2 is 1.48 bits per heavy atom. The number of hydrogen-bond acceptors (Lipinski definition) is 2. The number of hydrogen-bond donors (Lipinski definition) is 0. The second-order valence-corrected chi connectivity index (χ2v) is 5.54. The standard InChI is InChI=1S/C20H18N2O/c1-22(2)20(23)16-12-13-19(21-14-16)18-11-7-6-10-17(18)15-8-4-3-5-9-15/h3-14H,1-2H3. The van der Waals surface area contributed by atoms with E-state index in [0.717, 1.165) is 22.4 Å². The van der Waals surface area contributed by atoms with E-state index < -0.39 is 0 Å². The summed E-state index contributed by atoms with van der Waals surface area (Å²) in [5, 5.41) is 0. The van der Waals surface area contributed by atoms with Crippen LogP contribution >= 0.6 is 0 Å². The van der Waals surface area contributed by atoms with Crippen LogP contribution in [0.4, 0.5) is 0 Å². The van der Waals surface area contributed by atoms with E-state index in [-0.39, 0.29) is 5.91 Å². The smallest absolute Gasteiger partial charge is 0.254 e. The highest BCUT2D eigenvalue weighted by Crippen LogP contribution is 2.30. The van der Waals surface area contributed by atoms with Crippen molar-refractivity contribution in [2.75, 3.05) is 14.1 Å². The Labute approximate surface area is 136 Å². The van der Waals surface area contributed by atoms with Crippen LogP contribution < -0.4 is 0 Å². The van der Waals surface area contributed by atoms with E-state index in [0.29, 0.717) is 5.56 Å². The van der Waals surface area contributed by atoms with Crippen molar-refractivity contribution in [2.45, 2.75) is 0 Å². The van der Waals surface area contributed by atoms with E-state index in [1.165, 1.54) is 0 Å². The van der Waals surface area contributed by atoms with Crippen LogP contribution in [0, 0.1) is 0 Å². The topological polar surface area (TPSA) is 33.2 Å². The molecule has 0 saturated carbocycles. The number of amides is 1. The van der Waals surface area contributed by atoms with Gasteiger partial charge in [-0.3, -0.25) is 9.78 Å². The first-order valence-corrected chi connectivity index (χ1v) is 7.49. The quantitative estimate of drug-likeness (QED) is 0.729. The van der Waals surface area contributed by atoms with Gasteiger partial charge in [-0.1, -0.05) is 54.6 Å². The lowest BCUT2D eigenvalue weighted by molar-refractivity contribution is 0.0827. The highest BCUT2D eigenvalue weighted by molar-refractivity contribution is 5.94. The Kier molecular flexibility index (Phi) is 4.20. The van der Waals surface area contributed by atoms with Gasteiger partial charge in [0.2, 0.25) is 0 Å². The Morgan fingerprint density at radius 1 is 0.826 bits per heavy atom. The van der Waals surface area contributed by atoms with Crippen molar-refractivity contribution in [2.24, 2.45) is 0 Å². The molecule has 0 atom stereocenters. The highest BCUT2D eigenvalue weighted by atomic mass is 16.2. The van der Waals surface area contributed by atoms with Crippen molar-refractivity contribution >= 4 is 5.91 Å². The van der Waals surface area contributed by atoms with E-state index in [1.54, 1.807) is 25.2 Å². The molecule has 0 aliphatic carbocycles. The third-order valence-electron chi connectivity index (χ3n) is 3.70. The van der Waals surface area contributed by atoms with Gasteiger partial charge in [0.25, 0.3) is 5.91 Å². The number of benzene rings is 2. The molecule has 1 heterocycles. The minimum atomic E-state index is -0.0413. The zero-order valence-corrected chi connectivity index (χ0v) is 13.2. The minimum Gasteiger partial charge on any atom is -0.345 e. The average Bonchev–Trinajstić information content (AvgIpc) is 2.62. The summed E-state index contributed by atoms with van der Waals surface area (Å²) in [6, 6.07) is 22.1. The molecule has 3 heteroatoms. The van der Waals surface area contributed by atoms with Crippen molar-refractivity contribution in [1.29, 1.82) is 0 Å². The van der Waals surface area contributed by atoms with Crippen LogP contribution in [0.1, 0.15) is 10.4 Å². The maximum atomic E-state index is 12.0. The molecular formula is C20H18N2O. The average molecular weight is 302 g/mol. The van der Waals surface area contributed by atoms with Crippen molar-refractivity contribution in [3.8, 4) is 22.4 Å². The van der Waals surface area contributed by atoms with Crippen LogP contribution in [0.2, 0.25) is 0 Å². The molecule has 0 spiro atoms. The molecule has 23 heavy (non-hydrogen) atoms. The zero-order valence-electron chi connectivity index (χ0n) is 13.2. The lowest BCUT2D eigenvalue weighted by Gasteiger charge is -2.12. The second kappa shape index (κ2) is 6.44. The van der Waals surface area contributed by atoms with Gasteiger partial charge in [0, 0.05) is 25.9 Å². The summed E-state index contributed by atoms with van der Waals surface area (Å²) in [7, 11) is 3.47. The van der Waals surface area contributed by atoms with Gasteiger partial charge in [0.1, 0.15) is 0 Å². The summed E-state index contributed by atoms with van der Waals surface area (Å²) in [6.45, 7) is 0. The third-order valence-corrected chi connectivity index (χ3v) is 3.70. The van der Waals surface area contributed by atoms with Crippen molar-refractivity contribution in [3.05, 3.63) is 78.5 Å². The number of carbonyl (C=O) groups excluding carboxylic acids is 1. The summed E-state index contributed by atoms with van der Waals surface area (Å²) in [4.78, 5) is 18.0. The molecule has 0 radical (unpaired) electrons. The molecule has 0 unspecified atom stereocenters. The largest absolute Gasteiger partial charge is 0.345 e. The van der Waals surface area contributed by atoms with Gasteiger partial charge in [-0.05, 0) is 23.3 Å². The van der Waals surface area contributed by atoms with Gasteiger partial charge in [0.15, 0.2) is 0 Å². The summed E-state index contributed by atoms with van der Waals surface area (Å²) in [5.41, 5.74) is 4.80. The molecule has 0 saturated heterocycles. The van der Waals surface area contributed by atoms with Crippen molar-refractivity contribution in [1.82, 2.24) is 9.88 Å². The van der Waals surface area contributed by atoms with Crippen LogP contribution in [0.3, 0.4) is 0 Å². The normalized spacial score (nSPS) is 10.3. The molecule has 1 amide bonds. The predicted octanol–water partition coefficient (Wildman–Crippen LogP) is 4.12. The lowest BCUT2D eigenvalue weighted by atomic mass is 9.97. The van der Waals surface area contributed by atoms with Crippen LogP contribution in [0.5, 0.6) is 0 Å². The molecule has 0 fully saturated rings. The fourth-order valence-electron chi connectivity index (χ4n) is 2.51. The zero-order chi connectivity index (χ0) is 16.2. The summed E-state index contributed by atoms with van der Waals surface area (Å²) < 4.78 is 0. The van der Waals surface area contributed by atoms with E-state index in [2.05, 4.69) is 29.2 Å². The molecule has 1 aromatic heterocycles. The Hall–Kier alpha value is -2.94. The van der Waals surface area contributed by atoms with Crippen LogP contribution in [0.25, 0.3) is 22.4 Å². The maximum Gasteiger partial charge on any atom is 0.254 e. The van der Waals surface area contributed by atoms with E-state index in [9.17, 15) is 4.79 Å². The molecule has 0 bridgehead atoms. The van der Waals surface area contributed by atoms with Gasteiger partial charge < -0.3 is 4.90 Å². The van der Waals surface area contributed by atoms with Crippen molar-refractivity contribution < 1.29 is 4.79 Å². The van der Waals surface area contributed by atoms with Gasteiger partial charge in [-0.2, -0.15) is 0 Å². The van der Waals surface area contributed by atoms with E-state index in [4.69, 9.17) is 0 Å². The Balaban J connectivity index is 2.02. The Bertz CT molecular complexity index is 809.